The van der Waals surface area contributed by atoms with Crippen LogP contribution in [-0.4, -0.2) is 23.8 Å². The molecule has 0 aliphatic rings. The highest BCUT2D eigenvalue weighted by molar-refractivity contribution is 5.25. The maximum atomic E-state index is 12.6. The molecule has 0 fully saturated rings. The van der Waals surface area contributed by atoms with Crippen LogP contribution in [0.4, 0.5) is 13.2 Å². The van der Waals surface area contributed by atoms with Crippen molar-refractivity contribution in [3.63, 3.8) is 0 Å². The maximum absolute atomic E-state index is 12.6. The first-order valence-corrected chi connectivity index (χ1v) is 6.86. The zero-order valence-corrected chi connectivity index (χ0v) is 11.9. The second kappa shape index (κ2) is 7.64. The van der Waals surface area contributed by atoms with Gasteiger partial charge < -0.3 is 10.4 Å². The van der Waals surface area contributed by atoms with Gasteiger partial charge in [0.1, 0.15) is 0 Å². The summed E-state index contributed by atoms with van der Waals surface area (Å²) in [4.78, 5) is 0. The quantitative estimate of drug-likeness (QED) is 0.806. The minimum absolute atomic E-state index is 0.133. The minimum Gasteiger partial charge on any atom is -0.396 e. The number of aliphatic hydroxyl groups excluding tert-OH is 1. The highest BCUT2D eigenvalue weighted by Gasteiger charge is 2.30. The number of rotatable bonds is 7. The second-order valence-corrected chi connectivity index (χ2v) is 5.22. The fourth-order valence-electron chi connectivity index (χ4n) is 2.13. The fraction of sp³-hybridized carbons (Fsp3) is 0.600. The molecule has 0 bridgehead atoms. The van der Waals surface area contributed by atoms with Crippen molar-refractivity contribution >= 4 is 0 Å². The molecular formula is C15H22F3NO. The van der Waals surface area contributed by atoms with E-state index in [4.69, 9.17) is 5.11 Å². The van der Waals surface area contributed by atoms with Gasteiger partial charge >= 0.3 is 6.18 Å². The lowest BCUT2D eigenvalue weighted by Gasteiger charge is -2.19. The summed E-state index contributed by atoms with van der Waals surface area (Å²) in [6, 6.07) is 5.88. The van der Waals surface area contributed by atoms with Gasteiger partial charge in [0.2, 0.25) is 0 Å². The third-order valence-electron chi connectivity index (χ3n) is 3.25. The van der Waals surface area contributed by atoms with Crippen LogP contribution in [0.5, 0.6) is 0 Å². The lowest BCUT2D eigenvalue weighted by Crippen LogP contribution is -2.35. The fourth-order valence-corrected chi connectivity index (χ4v) is 2.13. The Balaban J connectivity index is 2.49. The molecule has 2 atom stereocenters. The van der Waals surface area contributed by atoms with Crippen LogP contribution in [0.2, 0.25) is 0 Å². The number of alkyl halides is 3. The Bertz CT molecular complexity index is 406. The third kappa shape index (κ3) is 5.92. The van der Waals surface area contributed by atoms with Crippen molar-refractivity contribution < 1.29 is 18.3 Å². The summed E-state index contributed by atoms with van der Waals surface area (Å²) in [5.74, 6) is 0. The SMILES string of the molecule is CC(CCc1cccc(C(F)(F)F)c1)N[C@H](C)CCO. The van der Waals surface area contributed by atoms with Crippen molar-refractivity contribution in [3.05, 3.63) is 35.4 Å². The van der Waals surface area contributed by atoms with E-state index in [2.05, 4.69) is 5.32 Å². The molecule has 0 aliphatic heterocycles. The summed E-state index contributed by atoms with van der Waals surface area (Å²) in [7, 11) is 0. The van der Waals surface area contributed by atoms with Crippen molar-refractivity contribution in [3.8, 4) is 0 Å². The van der Waals surface area contributed by atoms with E-state index >= 15 is 0 Å². The molecule has 1 rings (SSSR count). The number of aryl methyl sites for hydroxylation is 1. The predicted molar refractivity (Wildman–Crippen MR) is 73.5 cm³/mol. The smallest absolute Gasteiger partial charge is 0.396 e. The summed E-state index contributed by atoms with van der Waals surface area (Å²) in [5, 5.41) is 12.1. The lowest BCUT2D eigenvalue weighted by atomic mass is 10.0. The average Bonchev–Trinajstić information content (AvgIpc) is 2.36. The number of aliphatic hydroxyl groups is 1. The van der Waals surface area contributed by atoms with Crippen LogP contribution in [0, 0.1) is 0 Å². The maximum Gasteiger partial charge on any atom is 0.416 e. The predicted octanol–water partition coefficient (Wildman–Crippen LogP) is 3.39. The molecule has 20 heavy (non-hydrogen) atoms. The Hall–Kier alpha value is -1.07. The van der Waals surface area contributed by atoms with Gasteiger partial charge in [-0.1, -0.05) is 18.2 Å². The molecule has 0 radical (unpaired) electrons. The van der Waals surface area contributed by atoms with Gasteiger partial charge in [0.05, 0.1) is 5.56 Å². The normalized spacial score (nSPS) is 15.1. The van der Waals surface area contributed by atoms with Crippen LogP contribution >= 0.6 is 0 Å². The first-order chi connectivity index (χ1) is 9.32. The van der Waals surface area contributed by atoms with Crippen LogP contribution in [0.15, 0.2) is 24.3 Å². The van der Waals surface area contributed by atoms with Gasteiger partial charge in [0.15, 0.2) is 0 Å². The first kappa shape index (κ1) is 17.0. The number of hydrogen-bond acceptors (Lipinski definition) is 2. The summed E-state index contributed by atoms with van der Waals surface area (Å²) in [5.41, 5.74) is 0.104. The highest BCUT2D eigenvalue weighted by Crippen LogP contribution is 2.29. The topological polar surface area (TPSA) is 32.3 Å². The highest BCUT2D eigenvalue weighted by atomic mass is 19.4. The monoisotopic (exact) mass is 289 g/mol. The van der Waals surface area contributed by atoms with Gasteiger partial charge in [-0.2, -0.15) is 13.2 Å². The van der Waals surface area contributed by atoms with E-state index in [1.54, 1.807) is 6.07 Å². The molecule has 5 heteroatoms. The zero-order chi connectivity index (χ0) is 15.2. The second-order valence-electron chi connectivity index (χ2n) is 5.22. The number of halogens is 3. The Morgan fingerprint density at radius 2 is 1.80 bits per heavy atom. The molecule has 0 aromatic heterocycles. The summed E-state index contributed by atoms with van der Waals surface area (Å²) in [6.45, 7) is 4.12. The molecule has 1 aromatic rings. The van der Waals surface area contributed by atoms with E-state index in [1.807, 2.05) is 13.8 Å². The van der Waals surface area contributed by atoms with Crippen LogP contribution in [0.1, 0.15) is 37.8 Å². The molecule has 114 valence electrons. The number of hydrogen-bond donors (Lipinski definition) is 2. The molecular weight excluding hydrogens is 267 g/mol. The molecule has 0 amide bonds. The van der Waals surface area contributed by atoms with Crippen LogP contribution in [0.3, 0.4) is 0 Å². The van der Waals surface area contributed by atoms with E-state index in [0.717, 1.165) is 12.5 Å². The Morgan fingerprint density at radius 1 is 1.15 bits per heavy atom. The molecule has 0 heterocycles. The Labute approximate surface area is 118 Å². The third-order valence-corrected chi connectivity index (χ3v) is 3.25. The van der Waals surface area contributed by atoms with E-state index < -0.39 is 11.7 Å². The number of benzene rings is 1. The Morgan fingerprint density at radius 3 is 2.40 bits per heavy atom. The van der Waals surface area contributed by atoms with Gasteiger partial charge in [0, 0.05) is 18.7 Å². The molecule has 2 N–H and O–H groups in total. The van der Waals surface area contributed by atoms with Gasteiger partial charge in [-0.3, -0.25) is 0 Å². The van der Waals surface area contributed by atoms with E-state index in [1.165, 1.54) is 12.1 Å². The summed E-state index contributed by atoms with van der Waals surface area (Å²) in [6.07, 6.45) is -2.25. The molecule has 0 saturated carbocycles. The van der Waals surface area contributed by atoms with Crippen molar-refractivity contribution in [1.82, 2.24) is 5.32 Å². The lowest BCUT2D eigenvalue weighted by molar-refractivity contribution is -0.137. The van der Waals surface area contributed by atoms with Crippen molar-refractivity contribution in [2.45, 2.75) is 51.4 Å². The Kier molecular flexibility index (Phi) is 6.49. The van der Waals surface area contributed by atoms with Gasteiger partial charge in [-0.15, -0.1) is 0 Å². The molecule has 0 saturated heterocycles. The molecule has 1 unspecified atom stereocenters. The molecule has 1 aromatic carbocycles. The molecule has 0 aliphatic carbocycles. The van der Waals surface area contributed by atoms with Crippen LogP contribution in [-0.2, 0) is 12.6 Å². The zero-order valence-electron chi connectivity index (χ0n) is 11.9. The molecule has 2 nitrogen and oxygen atoms in total. The van der Waals surface area contributed by atoms with Gasteiger partial charge in [-0.05, 0) is 44.7 Å². The van der Waals surface area contributed by atoms with Crippen molar-refractivity contribution in [1.29, 1.82) is 0 Å². The van der Waals surface area contributed by atoms with Gasteiger partial charge in [-0.25, -0.2) is 0 Å². The van der Waals surface area contributed by atoms with Crippen LogP contribution in [0.25, 0.3) is 0 Å². The van der Waals surface area contributed by atoms with Crippen molar-refractivity contribution in [2.24, 2.45) is 0 Å². The standard InChI is InChI=1S/C15H22F3NO/c1-11(19-12(2)8-9-20)6-7-13-4-3-5-14(10-13)15(16,17)18/h3-5,10-12,19-20H,6-9H2,1-2H3/t11?,12-/m1/s1. The molecule has 0 spiro atoms. The largest absolute Gasteiger partial charge is 0.416 e. The summed E-state index contributed by atoms with van der Waals surface area (Å²) < 4.78 is 37.8. The summed E-state index contributed by atoms with van der Waals surface area (Å²) >= 11 is 0. The van der Waals surface area contributed by atoms with Crippen LogP contribution < -0.4 is 5.32 Å². The number of nitrogens with one attached hydrogen (secondary N) is 1. The van der Waals surface area contributed by atoms with E-state index in [-0.39, 0.29) is 18.7 Å². The van der Waals surface area contributed by atoms with E-state index in [0.29, 0.717) is 18.4 Å². The van der Waals surface area contributed by atoms with Crippen molar-refractivity contribution in [2.75, 3.05) is 6.61 Å². The average molecular weight is 289 g/mol. The van der Waals surface area contributed by atoms with E-state index in [9.17, 15) is 13.2 Å². The van der Waals surface area contributed by atoms with Gasteiger partial charge in [0.25, 0.3) is 0 Å². The first-order valence-electron chi connectivity index (χ1n) is 6.86. The minimum atomic E-state index is -4.28.